The number of halogens is 1. The average Bonchev–Trinajstić information content (AvgIpc) is 2.94. The number of thioether (sulfide) groups is 1. The Morgan fingerprint density at radius 1 is 1.31 bits per heavy atom. The Morgan fingerprint density at radius 3 is 2.65 bits per heavy atom. The van der Waals surface area contributed by atoms with E-state index in [0.717, 1.165) is 9.90 Å². The van der Waals surface area contributed by atoms with Gasteiger partial charge >= 0.3 is 0 Å². The van der Waals surface area contributed by atoms with Gasteiger partial charge in [-0.05, 0) is 30.3 Å². The molecule has 3 rings (SSSR count). The van der Waals surface area contributed by atoms with Gasteiger partial charge in [0.1, 0.15) is 0 Å². The number of amides is 1. The third kappa shape index (κ3) is 4.42. The number of rotatable bonds is 5. The topological polar surface area (TPSA) is 75.8 Å². The summed E-state index contributed by atoms with van der Waals surface area (Å²) in [7, 11) is 0. The minimum Gasteiger partial charge on any atom is -0.272 e. The van der Waals surface area contributed by atoms with Crippen molar-refractivity contribution in [2.24, 2.45) is 5.10 Å². The summed E-state index contributed by atoms with van der Waals surface area (Å²) < 4.78 is 0.371. The number of carbonyl (C=O) groups excluding carboxylic acids is 1. The van der Waals surface area contributed by atoms with Crippen LogP contribution in [0.25, 0.3) is 0 Å². The van der Waals surface area contributed by atoms with Gasteiger partial charge in [0.25, 0.3) is 11.6 Å². The van der Waals surface area contributed by atoms with Crippen molar-refractivity contribution in [2.45, 2.75) is 9.79 Å². The van der Waals surface area contributed by atoms with E-state index in [2.05, 4.69) is 5.10 Å². The second kappa shape index (κ2) is 8.17. The Bertz CT molecular complexity index is 903. The van der Waals surface area contributed by atoms with Crippen LogP contribution in [0.5, 0.6) is 0 Å². The molecular formula is C16H10ClN3O3S3. The SMILES string of the molecule is O=C1CSC(=S)N1/N=C\c1ccc(Sc2ccc(Cl)cc2)c([N+](=O)[O-])c1. The van der Waals surface area contributed by atoms with Crippen LogP contribution in [0.3, 0.4) is 0 Å². The van der Waals surface area contributed by atoms with Crippen molar-refractivity contribution < 1.29 is 9.72 Å². The molecule has 0 aliphatic carbocycles. The summed E-state index contributed by atoms with van der Waals surface area (Å²) in [5, 5.41) is 17.2. The molecule has 1 saturated heterocycles. The van der Waals surface area contributed by atoms with Crippen LogP contribution in [0, 0.1) is 10.1 Å². The van der Waals surface area contributed by atoms with E-state index < -0.39 is 4.92 Å². The van der Waals surface area contributed by atoms with Gasteiger partial charge in [-0.3, -0.25) is 14.9 Å². The molecule has 1 aliphatic rings. The van der Waals surface area contributed by atoms with E-state index >= 15 is 0 Å². The molecular weight excluding hydrogens is 414 g/mol. The summed E-state index contributed by atoms with van der Waals surface area (Å²) >= 11 is 13.4. The number of thiocarbonyl (C=S) groups is 1. The first-order valence-corrected chi connectivity index (χ1v) is 9.78. The van der Waals surface area contributed by atoms with Gasteiger partial charge in [0, 0.05) is 21.5 Å². The summed E-state index contributed by atoms with van der Waals surface area (Å²) in [6.07, 6.45) is 1.39. The van der Waals surface area contributed by atoms with E-state index in [1.807, 2.05) is 0 Å². The maximum Gasteiger partial charge on any atom is 0.283 e. The van der Waals surface area contributed by atoms with E-state index in [-0.39, 0.29) is 17.3 Å². The van der Waals surface area contributed by atoms with Crippen LogP contribution >= 0.6 is 47.3 Å². The minimum absolute atomic E-state index is 0.0430. The predicted octanol–water partition coefficient (Wildman–Crippen LogP) is 4.59. The lowest BCUT2D eigenvalue weighted by Crippen LogP contribution is -2.22. The lowest BCUT2D eigenvalue weighted by molar-refractivity contribution is -0.387. The first-order valence-electron chi connectivity index (χ1n) is 7.19. The zero-order chi connectivity index (χ0) is 18.7. The van der Waals surface area contributed by atoms with E-state index in [0.29, 0.717) is 19.8 Å². The van der Waals surface area contributed by atoms with E-state index in [9.17, 15) is 14.9 Å². The second-order valence-electron chi connectivity index (χ2n) is 5.04. The second-order valence-corrected chi connectivity index (χ2v) is 8.21. The van der Waals surface area contributed by atoms with E-state index in [1.165, 1.54) is 35.8 Å². The number of hydrogen-bond donors (Lipinski definition) is 0. The first kappa shape index (κ1) is 18.8. The summed E-state index contributed by atoms with van der Waals surface area (Å²) in [4.78, 5) is 24.0. The Balaban J connectivity index is 1.84. The van der Waals surface area contributed by atoms with Gasteiger partial charge in [0.2, 0.25) is 0 Å². The Labute approximate surface area is 167 Å². The first-order chi connectivity index (χ1) is 12.4. The standard InChI is InChI=1S/C16H10ClN3O3S3/c17-11-2-4-12(5-3-11)26-14-6-1-10(7-13(14)20(22)23)8-18-19-15(21)9-25-16(19)24/h1-8H,9H2/b18-8-. The third-order valence-corrected chi connectivity index (χ3v) is 5.93. The maximum atomic E-state index is 11.6. The van der Waals surface area contributed by atoms with Crippen LogP contribution < -0.4 is 0 Å². The van der Waals surface area contributed by atoms with Crippen LogP contribution in [0.4, 0.5) is 5.69 Å². The number of benzene rings is 2. The molecule has 2 aromatic carbocycles. The summed E-state index contributed by atoms with van der Waals surface area (Å²) in [5.41, 5.74) is 0.461. The zero-order valence-corrected chi connectivity index (χ0v) is 16.2. The summed E-state index contributed by atoms with van der Waals surface area (Å²) in [5.74, 6) is 0.0492. The van der Waals surface area contributed by atoms with Crippen molar-refractivity contribution in [1.82, 2.24) is 5.01 Å². The van der Waals surface area contributed by atoms with E-state index in [1.54, 1.807) is 36.4 Å². The van der Waals surface area contributed by atoms with Gasteiger partial charge in [-0.25, -0.2) is 0 Å². The van der Waals surface area contributed by atoms with Crippen molar-refractivity contribution in [3.05, 3.63) is 63.2 Å². The molecule has 1 aliphatic heterocycles. The summed E-state index contributed by atoms with van der Waals surface area (Å²) in [6.45, 7) is 0. The highest BCUT2D eigenvalue weighted by Crippen LogP contribution is 2.35. The molecule has 0 aromatic heterocycles. The van der Waals surface area contributed by atoms with Crippen LogP contribution in [0.2, 0.25) is 5.02 Å². The van der Waals surface area contributed by atoms with Crippen LogP contribution in [0.15, 0.2) is 57.4 Å². The van der Waals surface area contributed by atoms with Gasteiger partial charge in [-0.1, -0.05) is 53.4 Å². The zero-order valence-electron chi connectivity index (χ0n) is 13.0. The van der Waals surface area contributed by atoms with Crippen LogP contribution in [-0.2, 0) is 4.79 Å². The van der Waals surface area contributed by atoms with Gasteiger partial charge in [0.15, 0.2) is 4.32 Å². The van der Waals surface area contributed by atoms with Crippen molar-refractivity contribution in [2.75, 3.05) is 5.75 Å². The normalized spacial score (nSPS) is 14.4. The quantitative estimate of drug-likeness (QED) is 0.303. The molecule has 0 N–H and O–H groups in total. The Morgan fingerprint density at radius 2 is 2.04 bits per heavy atom. The molecule has 0 unspecified atom stereocenters. The van der Waals surface area contributed by atoms with Gasteiger partial charge < -0.3 is 0 Å². The van der Waals surface area contributed by atoms with E-state index in [4.69, 9.17) is 23.8 Å². The molecule has 1 amide bonds. The fourth-order valence-electron chi connectivity index (χ4n) is 2.06. The molecule has 1 heterocycles. The lowest BCUT2D eigenvalue weighted by Gasteiger charge is -2.07. The van der Waals surface area contributed by atoms with Crippen molar-refractivity contribution >= 4 is 69.5 Å². The highest BCUT2D eigenvalue weighted by Gasteiger charge is 2.26. The number of nitro groups is 1. The van der Waals surface area contributed by atoms with Crippen molar-refractivity contribution in [1.29, 1.82) is 0 Å². The molecule has 26 heavy (non-hydrogen) atoms. The smallest absolute Gasteiger partial charge is 0.272 e. The van der Waals surface area contributed by atoms with Crippen LogP contribution in [0.1, 0.15) is 5.56 Å². The molecule has 0 bridgehead atoms. The minimum atomic E-state index is -0.447. The molecule has 0 saturated carbocycles. The predicted molar refractivity (Wildman–Crippen MR) is 108 cm³/mol. The van der Waals surface area contributed by atoms with Gasteiger partial charge in [0.05, 0.1) is 21.8 Å². The molecule has 0 radical (unpaired) electrons. The van der Waals surface area contributed by atoms with Crippen molar-refractivity contribution in [3.8, 4) is 0 Å². The number of nitrogens with zero attached hydrogens (tertiary/aromatic N) is 3. The molecule has 0 spiro atoms. The highest BCUT2D eigenvalue weighted by molar-refractivity contribution is 8.23. The Kier molecular flexibility index (Phi) is 5.92. The fraction of sp³-hybridized carbons (Fsp3) is 0.0625. The Hall–Kier alpha value is -1.94. The fourth-order valence-corrected chi connectivity index (χ4v) is 4.05. The summed E-state index contributed by atoms with van der Waals surface area (Å²) in [6, 6.07) is 11.8. The molecule has 6 nitrogen and oxygen atoms in total. The number of hydrazone groups is 1. The number of hydrogen-bond acceptors (Lipinski definition) is 7. The monoisotopic (exact) mass is 423 g/mol. The molecule has 132 valence electrons. The molecule has 10 heteroatoms. The highest BCUT2D eigenvalue weighted by atomic mass is 35.5. The molecule has 1 fully saturated rings. The largest absolute Gasteiger partial charge is 0.283 e. The lowest BCUT2D eigenvalue weighted by atomic mass is 10.2. The van der Waals surface area contributed by atoms with Crippen molar-refractivity contribution in [3.63, 3.8) is 0 Å². The maximum absolute atomic E-state index is 11.6. The number of carbonyl (C=O) groups is 1. The average molecular weight is 424 g/mol. The molecule has 0 atom stereocenters. The number of nitro benzene ring substituents is 1. The van der Waals surface area contributed by atoms with Gasteiger partial charge in [-0.15, -0.1) is 0 Å². The van der Waals surface area contributed by atoms with Gasteiger partial charge in [-0.2, -0.15) is 10.1 Å². The van der Waals surface area contributed by atoms with Crippen LogP contribution in [-0.4, -0.2) is 32.1 Å². The third-order valence-electron chi connectivity index (χ3n) is 3.27. The molecule has 2 aromatic rings.